The second-order valence-corrected chi connectivity index (χ2v) is 5.30. The fraction of sp³-hybridized carbons (Fsp3) is 0.571. The first-order valence-corrected chi connectivity index (χ1v) is 7.11. The number of hydrogen-bond donors (Lipinski definition) is 0. The monoisotopic (exact) mass is 297 g/mol. The van der Waals surface area contributed by atoms with Crippen molar-refractivity contribution in [3.05, 3.63) is 23.7 Å². The first-order valence-electron chi connectivity index (χ1n) is 6.67. The number of aryl methyl sites for hydroxylation is 1. The zero-order valence-corrected chi connectivity index (χ0v) is 12.9. The summed E-state index contributed by atoms with van der Waals surface area (Å²) in [4.78, 5) is 9.04. The molecule has 0 saturated heterocycles. The molecule has 1 unspecified atom stereocenters. The van der Waals surface area contributed by atoms with Crippen LogP contribution in [0.15, 0.2) is 12.3 Å². The van der Waals surface area contributed by atoms with E-state index in [1.807, 2.05) is 24.5 Å². The summed E-state index contributed by atoms with van der Waals surface area (Å²) in [5.74, 6) is 0.832. The van der Waals surface area contributed by atoms with Gasteiger partial charge in [0.2, 0.25) is 0 Å². The molecule has 110 valence electrons. The standard InChI is InChI=1S/C14H20ClN3O2/c1-10-4-5-16-14-12(10)17-13(11(2)15)18(14)6-7-20-9-8-19-3/h4-5,11H,6-9H2,1-3H3. The van der Waals surface area contributed by atoms with E-state index in [9.17, 15) is 0 Å². The number of pyridine rings is 1. The maximum Gasteiger partial charge on any atom is 0.160 e. The lowest BCUT2D eigenvalue weighted by Crippen LogP contribution is -2.12. The third-order valence-electron chi connectivity index (χ3n) is 3.11. The van der Waals surface area contributed by atoms with Crippen LogP contribution in [0.4, 0.5) is 0 Å². The van der Waals surface area contributed by atoms with Gasteiger partial charge in [0.15, 0.2) is 5.65 Å². The highest BCUT2D eigenvalue weighted by atomic mass is 35.5. The number of nitrogens with zero attached hydrogens (tertiary/aromatic N) is 3. The van der Waals surface area contributed by atoms with Crippen LogP contribution in [-0.4, -0.2) is 41.5 Å². The average Bonchev–Trinajstić information content (AvgIpc) is 2.79. The quantitative estimate of drug-likeness (QED) is 0.582. The minimum absolute atomic E-state index is 0.164. The minimum atomic E-state index is -0.164. The van der Waals surface area contributed by atoms with E-state index in [0.29, 0.717) is 26.4 Å². The molecule has 0 aliphatic rings. The molecular weight excluding hydrogens is 278 g/mol. The van der Waals surface area contributed by atoms with E-state index >= 15 is 0 Å². The van der Waals surface area contributed by atoms with Gasteiger partial charge in [-0.1, -0.05) is 0 Å². The predicted molar refractivity (Wildman–Crippen MR) is 79.2 cm³/mol. The molecule has 5 nitrogen and oxygen atoms in total. The molecule has 0 saturated carbocycles. The summed E-state index contributed by atoms with van der Waals surface area (Å²) in [5.41, 5.74) is 2.88. The molecule has 0 radical (unpaired) electrons. The Bertz CT molecular complexity index is 569. The summed E-state index contributed by atoms with van der Waals surface area (Å²) in [5, 5.41) is -0.164. The van der Waals surface area contributed by atoms with Gasteiger partial charge in [0.05, 0.1) is 25.2 Å². The van der Waals surface area contributed by atoms with Crippen LogP contribution in [0.3, 0.4) is 0 Å². The number of imidazole rings is 1. The SMILES string of the molecule is COCCOCCn1c(C(C)Cl)nc2c(C)ccnc21. The number of fused-ring (bicyclic) bond motifs is 1. The zero-order chi connectivity index (χ0) is 14.5. The average molecular weight is 298 g/mol. The van der Waals surface area contributed by atoms with Crippen LogP contribution in [-0.2, 0) is 16.0 Å². The van der Waals surface area contributed by atoms with Gasteiger partial charge < -0.3 is 14.0 Å². The van der Waals surface area contributed by atoms with Gasteiger partial charge in [-0.25, -0.2) is 9.97 Å². The third-order valence-corrected chi connectivity index (χ3v) is 3.31. The predicted octanol–water partition coefficient (Wildman–Crippen LogP) is 2.70. The lowest BCUT2D eigenvalue weighted by atomic mass is 10.3. The van der Waals surface area contributed by atoms with E-state index in [2.05, 4.69) is 9.97 Å². The van der Waals surface area contributed by atoms with Gasteiger partial charge in [-0.2, -0.15) is 0 Å². The van der Waals surface area contributed by atoms with Gasteiger partial charge >= 0.3 is 0 Å². The molecule has 2 heterocycles. The lowest BCUT2D eigenvalue weighted by molar-refractivity contribution is 0.0666. The largest absolute Gasteiger partial charge is 0.382 e. The van der Waals surface area contributed by atoms with Crippen LogP contribution in [0.25, 0.3) is 11.2 Å². The van der Waals surface area contributed by atoms with Crippen LogP contribution in [0.2, 0.25) is 0 Å². The molecule has 1 atom stereocenters. The molecule has 2 rings (SSSR count). The molecule has 0 spiro atoms. The van der Waals surface area contributed by atoms with Gasteiger partial charge in [0.25, 0.3) is 0 Å². The highest BCUT2D eigenvalue weighted by Gasteiger charge is 2.16. The maximum absolute atomic E-state index is 6.22. The van der Waals surface area contributed by atoms with Crippen molar-refractivity contribution in [3.8, 4) is 0 Å². The minimum Gasteiger partial charge on any atom is -0.382 e. The molecule has 0 aromatic carbocycles. The number of methoxy groups -OCH3 is 1. The molecule has 6 heteroatoms. The second kappa shape index (κ2) is 7.02. The van der Waals surface area contributed by atoms with Gasteiger partial charge in [-0.3, -0.25) is 0 Å². The summed E-state index contributed by atoms with van der Waals surface area (Å²) in [7, 11) is 1.66. The first-order chi connectivity index (χ1) is 9.65. The van der Waals surface area contributed by atoms with Crippen molar-refractivity contribution in [1.29, 1.82) is 0 Å². The third kappa shape index (κ3) is 3.29. The summed E-state index contributed by atoms with van der Waals surface area (Å²) >= 11 is 6.22. The summed E-state index contributed by atoms with van der Waals surface area (Å²) in [6, 6.07) is 1.96. The Kier molecular flexibility index (Phi) is 5.34. The number of ether oxygens (including phenoxy) is 2. The molecule has 20 heavy (non-hydrogen) atoms. The Morgan fingerprint density at radius 3 is 2.85 bits per heavy atom. The van der Waals surface area contributed by atoms with E-state index < -0.39 is 0 Å². The fourth-order valence-electron chi connectivity index (χ4n) is 2.08. The summed E-state index contributed by atoms with van der Waals surface area (Å²) < 4.78 is 12.5. The van der Waals surface area contributed by atoms with E-state index in [0.717, 1.165) is 22.6 Å². The molecule has 0 aliphatic carbocycles. The number of hydrogen-bond acceptors (Lipinski definition) is 4. The van der Waals surface area contributed by atoms with Crippen molar-refractivity contribution in [2.24, 2.45) is 0 Å². The highest BCUT2D eigenvalue weighted by Crippen LogP contribution is 2.24. The van der Waals surface area contributed by atoms with E-state index in [-0.39, 0.29) is 5.38 Å². The zero-order valence-electron chi connectivity index (χ0n) is 12.1. The van der Waals surface area contributed by atoms with Crippen LogP contribution in [0.5, 0.6) is 0 Å². The molecule has 0 amide bonds. The number of rotatable bonds is 7. The normalized spacial score (nSPS) is 13.0. The lowest BCUT2D eigenvalue weighted by Gasteiger charge is -2.10. The molecule has 2 aromatic rings. The number of halogens is 1. The summed E-state index contributed by atoms with van der Waals surface area (Å²) in [6.45, 7) is 6.39. The van der Waals surface area contributed by atoms with E-state index in [1.165, 1.54) is 0 Å². The fourth-order valence-corrected chi connectivity index (χ4v) is 2.25. The molecule has 0 N–H and O–H groups in total. The first kappa shape index (κ1) is 15.2. The van der Waals surface area contributed by atoms with Gasteiger partial charge in [-0.05, 0) is 25.5 Å². The van der Waals surface area contributed by atoms with Crippen molar-refractivity contribution in [3.63, 3.8) is 0 Å². The Labute approximate surface area is 123 Å². The van der Waals surface area contributed by atoms with Crippen LogP contribution in [0.1, 0.15) is 23.7 Å². The van der Waals surface area contributed by atoms with Crippen molar-refractivity contribution >= 4 is 22.8 Å². The van der Waals surface area contributed by atoms with Gasteiger partial charge in [0.1, 0.15) is 11.3 Å². The Morgan fingerprint density at radius 1 is 1.35 bits per heavy atom. The smallest absolute Gasteiger partial charge is 0.160 e. The van der Waals surface area contributed by atoms with Crippen molar-refractivity contribution in [2.45, 2.75) is 25.8 Å². The van der Waals surface area contributed by atoms with Crippen LogP contribution < -0.4 is 0 Å². The Balaban J connectivity index is 2.21. The molecular formula is C14H20ClN3O2. The topological polar surface area (TPSA) is 49.2 Å². The Hall–Kier alpha value is -1.17. The van der Waals surface area contributed by atoms with Crippen molar-refractivity contribution in [1.82, 2.24) is 14.5 Å². The van der Waals surface area contributed by atoms with Gasteiger partial charge in [-0.15, -0.1) is 11.6 Å². The van der Waals surface area contributed by atoms with E-state index in [1.54, 1.807) is 13.3 Å². The van der Waals surface area contributed by atoms with Gasteiger partial charge in [0, 0.05) is 19.9 Å². The maximum atomic E-state index is 6.22. The Morgan fingerprint density at radius 2 is 2.15 bits per heavy atom. The summed E-state index contributed by atoms with van der Waals surface area (Å²) in [6.07, 6.45) is 1.80. The van der Waals surface area contributed by atoms with Crippen LogP contribution in [0, 0.1) is 6.92 Å². The molecule has 0 aliphatic heterocycles. The second-order valence-electron chi connectivity index (χ2n) is 4.64. The van der Waals surface area contributed by atoms with Crippen LogP contribution >= 0.6 is 11.6 Å². The van der Waals surface area contributed by atoms with E-state index in [4.69, 9.17) is 21.1 Å². The van der Waals surface area contributed by atoms with Crippen molar-refractivity contribution in [2.75, 3.05) is 26.9 Å². The van der Waals surface area contributed by atoms with Crippen molar-refractivity contribution < 1.29 is 9.47 Å². The number of aromatic nitrogens is 3. The molecule has 0 fully saturated rings. The highest BCUT2D eigenvalue weighted by molar-refractivity contribution is 6.20. The number of alkyl halides is 1. The molecule has 0 bridgehead atoms. The molecule has 2 aromatic heterocycles.